The molecule has 29 heavy (non-hydrogen) atoms. The SMILES string of the molecule is O=C(Nc1ccc(C(F)(F)F)cn1)[C@H](CC1CCCC1)n1cc(C[SH](=O)=O)cn1. The monoisotopic (exact) mass is 430 g/mol. The van der Waals surface area contributed by atoms with Crippen molar-refractivity contribution in [2.45, 2.75) is 50.1 Å². The number of carbonyl (C=O) groups excluding carboxylic acids is 1. The summed E-state index contributed by atoms with van der Waals surface area (Å²) < 4.78 is 61.3. The molecular formula is C18H21F3N4O3S. The molecule has 0 aromatic carbocycles. The second kappa shape index (κ2) is 8.93. The predicted octanol–water partition coefficient (Wildman–Crippen LogP) is 3.17. The third kappa shape index (κ3) is 5.78. The molecule has 0 aliphatic heterocycles. The fourth-order valence-electron chi connectivity index (χ4n) is 3.52. The molecule has 1 aliphatic carbocycles. The van der Waals surface area contributed by atoms with E-state index in [1.807, 2.05) is 0 Å². The Bertz CT molecular complexity index is 911. The van der Waals surface area contributed by atoms with Gasteiger partial charge in [0.05, 0.1) is 17.5 Å². The number of halogens is 3. The Labute approximate surface area is 167 Å². The average molecular weight is 430 g/mol. The molecule has 2 aromatic rings. The van der Waals surface area contributed by atoms with E-state index < -0.39 is 34.4 Å². The zero-order valence-electron chi connectivity index (χ0n) is 15.4. The third-order valence-corrected chi connectivity index (χ3v) is 5.59. The summed E-state index contributed by atoms with van der Waals surface area (Å²) in [5.41, 5.74) is -0.431. The number of carbonyl (C=O) groups is 1. The van der Waals surface area contributed by atoms with Crippen LogP contribution in [0.5, 0.6) is 0 Å². The Kier molecular flexibility index (Phi) is 6.56. The van der Waals surface area contributed by atoms with Crippen LogP contribution in [-0.2, 0) is 27.4 Å². The minimum atomic E-state index is -4.51. The Morgan fingerprint density at radius 3 is 2.55 bits per heavy atom. The minimum absolute atomic E-state index is 0.00874. The molecule has 3 rings (SSSR count). The second-order valence-corrected chi connectivity index (χ2v) is 8.12. The van der Waals surface area contributed by atoms with Crippen molar-refractivity contribution in [1.29, 1.82) is 0 Å². The topological polar surface area (TPSA) is 94.0 Å². The summed E-state index contributed by atoms with van der Waals surface area (Å²) in [6, 6.07) is 1.25. The van der Waals surface area contributed by atoms with Crippen molar-refractivity contribution in [3.63, 3.8) is 0 Å². The van der Waals surface area contributed by atoms with Crippen molar-refractivity contribution in [2.75, 3.05) is 5.32 Å². The average Bonchev–Trinajstić information content (AvgIpc) is 3.30. The minimum Gasteiger partial charge on any atom is -0.309 e. The van der Waals surface area contributed by atoms with Gasteiger partial charge in [-0.2, -0.15) is 18.3 Å². The number of hydrogen-bond donors (Lipinski definition) is 2. The Morgan fingerprint density at radius 2 is 1.97 bits per heavy atom. The highest BCUT2D eigenvalue weighted by Gasteiger charge is 2.31. The summed E-state index contributed by atoms with van der Waals surface area (Å²) in [5.74, 6) is -0.289. The van der Waals surface area contributed by atoms with E-state index in [9.17, 15) is 26.4 Å². The van der Waals surface area contributed by atoms with Crippen LogP contribution in [0.15, 0.2) is 30.7 Å². The molecule has 0 spiro atoms. The first-order chi connectivity index (χ1) is 13.7. The number of anilines is 1. The summed E-state index contributed by atoms with van der Waals surface area (Å²) in [6.45, 7) is 0. The van der Waals surface area contributed by atoms with Gasteiger partial charge in [0.15, 0.2) is 0 Å². The quantitative estimate of drug-likeness (QED) is 0.658. The van der Waals surface area contributed by atoms with Crippen molar-refractivity contribution in [1.82, 2.24) is 14.8 Å². The molecule has 11 heteroatoms. The van der Waals surface area contributed by atoms with Crippen LogP contribution in [0.25, 0.3) is 0 Å². The number of alkyl halides is 3. The zero-order chi connectivity index (χ0) is 21.0. The summed E-state index contributed by atoms with van der Waals surface area (Å²) in [6.07, 6.45) is 3.73. The van der Waals surface area contributed by atoms with E-state index in [2.05, 4.69) is 15.4 Å². The second-order valence-electron chi connectivity index (χ2n) is 7.14. The van der Waals surface area contributed by atoms with Crippen LogP contribution in [0.1, 0.15) is 49.3 Å². The first-order valence-electron chi connectivity index (χ1n) is 9.21. The zero-order valence-corrected chi connectivity index (χ0v) is 16.3. The summed E-state index contributed by atoms with van der Waals surface area (Å²) in [4.78, 5) is 16.5. The van der Waals surface area contributed by atoms with E-state index >= 15 is 0 Å². The molecule has 1 fully saturated rings. The van der Waals surface area contributed by atoms with Gasteiger partial charge in [0.2, 0.25) is 5.91 Å². The van der Waals surface area contributed by atoms with Crippen LogP contribution in [-0.4, -0.2) is 29.1 Å². The molecule has 7 nitrogen and oxygen atoms in total. The van der Waals surface area contributed by atoms with Gasteiger partial charge in [-0.25, -0.2) is 13.4 Å². The maximum absolute atomic E-state index is 12.9. The molecule has 1 atom stereocenters. The van der Waals surface area contributed by atoms with Crippen molar-refractivity contribution >= 4 is 22.4 Å². The van der Waals surface area contributed by atoms with Gasteiger partial charge in [0.25, 0.3) is 0 Å². The van der Waals surface area contributed by atoms with Gasteiger partial charge in [-0.05, 0) is 24.5 Å². The Balaban J connectivity index is 1.77. The smallest absolute Gasteiger partial charge is 0.309 e. The number of amides is 1. The molecular weight excluding hydrogens is 409 g/mol. The summed E-state index contributed by atoms with van der Waals surface area (Å²) >= 11 is 0. The van der Waals surface area contributed by atoms with Crippen molar-refractivity contribution in [3.8, 4) is 0 Å². The molecule has 0 saturated heterocycles. The predicted molar refractivity (Wildman–Crippen MR) is 99.7 cm³/mol. The lowest BCUT2D eigenvalue weighted by molar-refractivity contribution is -0.137. The summed E-state index contributed by atoms with van der Waals surface area (Å²) in [5, 5.41) is 6.69. The van der Waals surface area contributed by atoms with Crippen LogP contribution in [0.2, 0.25) is 0 Å². The molecule has 1 N–H and O–H groups in total. The summed E-state index contributed by atoms with van der Waals surface area (Å²) in [7, 11) is -2.62. The van der Waals surface area contributed by atoms with Crippen molar-refractivity contribution in [3.05, 3.63) is 41.9 Å². The molecule has 1 amide bonds. The number of hydrogen-bond acceptors (Lipinski definition) is 5. The molecule has 2 aromatic heterocycles. The van der Waals surface area contributed by atoms with E-state index in [0.717, 1.165) is 37.8 Å². The first kappa shape index (κ1) is 21.3. The van der Waals surface area contributed by atoms with Gasteiger partial charge >= 0.3 is 6.18 Å². The molecule has 158 valence electrons. The normalized spacial score (nSPS) is 16.3. The van der Waals surface area contributed by atoms with Gasteiger partial charge in [0, 0.05) is 18.0 Å². The standard InChI is InChI=1S/C18H21F3N4O3S/c19-18(20,21)14-5-6-16(22-9-14)24-17(26)15(7-12-3-1-2-4-12)25-10-13(8-23-25)11-29(27)28/h5-6,8-10,12,15,29H,1-4,7,11H2,(H,22,24,26)/t15-/m0/s1. The van der Waals surface area contributed by atoms with E-state index in [1.54, 1.807) is 0 Å². The molecule has 1 aliphatic rings. The maximum Gasteiger partial charge on any atom is 0.417 e. The Morgan fingerprint density at radius 1 is 1.24 bits per heavy atom. The van der Waals surface area contributed by atoms with Crippen molar-refractivity contribution < 1.29 is 26.4 Å². The van der Waals surface area contributed by atoms with E-state index in [-0.39, 0.29) is 11.6 Å². The third-order valence-electron chi connectivity index (χ3n) is 4.96. The van der Waals surface area contributed by atoms with E-state index in [1.165, 1.54) is 17.1 Å². The Hall–Kier alpha value is -2.43. The van der Waals surface area contributed by atoms with Gasteiger partial charge in [-0.15, -0.1) is 0 Å². The number of rotatable bonds is 7. The number of nitrogens with zero attached hydrogens (tertiary/aromatic N) is 3. The van der Waals surface area contributed by atoms with Crippen LogP contribution >= 0.6 is 0 Å². The number of thiol groups is 1. The lowest BCUT2D eigenvalue weighted by atomic mass is 9.98. The largest absolute Gasteiger partial charge is 0.417 e. The highest BCUT2D eigenvalue weighted by molar-refractivity contribution is 7.71. The van der Waals surface area contributed by atoms with Gasteiger partial charge in [0.1, 0.15) is 22.6 Å². The highest BCUT2D eigenvalue weighted by atomic mass is 32.2. The van der Waals surface area contributed by atoms with Crippen LogP contribution in [0, 0.1) is 5.92 Å². The number of nitrogens with one attached hydrogen (secondary N) is 1. The number of aromatic nitrogens is 3. The molecule has 2 heterocycles. The van der Waals surface area contributed by atoms with Gasteiger partial charge in [-0.3, -0.25) is 9.48 Å². The van der Waals surface area contributed by atoms with Crippen LogP contribution in [0.3, 0.4) is 0 Å². The number of pyridine rings is 1. The lowest BCUT2D eigenvalue weighted by Gasteiger charge is -2.20. The fourth-order valence-corrected chi connectivity index (χ4v) is 3.98. The molecule has 1 saturated carbocycles. The maximum atomic E-state index is 12.9. The van der Waals surface area contributed by atoms with Crippen LogP contribution < -0.4 is 5.32 Å². The fraction of sp³-hybridized carbons (Fsp3) is 0.500. The lowest BCUT2D eigenvalue weighted by Crippen LogP contribution is -2.28. The molecule has 0 unspecified atom stereocenters. The van der Waals surface area contributed by atoms with E-state index in [0.29, 0.717) is 24.1 Å². The van der Waals surface area contributed by atoms with E-state index in [4.69, 9.17) is 0 Å². The first-order valence-corrected chi connectivity index (χ1v) is 10.6. The van der Waals surface area contributed by atoms with Crippen LogP contribution in [0.4, 0.5) is 19.0 Å². The van der Waals surface area contributed by atoms with Gasteiger partial charge in [-0.1, -0.05) is 25.7 Å². The van der Waals surface area contributed by atoms with Crippen molar-refractivity contribution in [2.24, 2.45) is 5.92 Å². The molecule has 0 bridgehead atoms. The molecule has 0 radical (unpaired) electrons. The van der Waals surface area contributed by atoms with Gasteiger partial charge < -0.3 is 5.32 Å². The highest BCUT2D eigenvalue weighted by Crippen LogP contribution is 2.33.